The number of ether oxygens (including phenoxy) is 1. The van der Waals surface area contributed by atoms with Gasteiger partial charge in [-0.1, -0.05) is 12.1 Å². The lowest BCUT2D eigenvalue weighted by atomic mass is 10.3. The molecule has 0 aliphatic heterocycles. The number of fused-ring (bicyclic) bond motifs is 1. The van der Waals surface area contributed by atoms with Crippen molar-refractivity contribution < 1.29 is 13.9 Å². The number of amides is 1. The van der Waals surface area contributed by atoms with E-state index in [4.69, 9.17) is 4.74 Å². The zero-order valence-corrected chi connectivity index (χ0v) is 13.4. The quantitative estimate of drug-likeness (QED) is 0.573. The molecule has 1 heterocycles. The van der Waals surface area contributed by atoms with Gasteiger partial charge >= 0.3 is 0 Å². The van der Waals surface area contributed by atoms with Gasteiger partial charge in [0, 0.05) is 0 Å². The largest absolute Gasteiger partial charge is 0.481 e. The number of hydrazone groups is 1. The molecule has 0 spiro atoms. The minimum atomic E-state index is -0.787. The SMILES string of the molecule is C[C@H](Oc1ccc(F)cc1)C(=O)N/N=C\c1cnc2ccccc2n1. The summed E-state index contributed by atoms with van der Waals surface area (Å²) < 4.78 is 18.3. The number of nitrogens with zero attached hydrogens (tertiary/aromatic N) is 3. The lowest BCUT2D eigenvalue weighted by Crippen LogP contribution is -2.33. The predicted molar refractivity (Wildman–Crippen MR) is 91.8 cm³/mol. The van der Waals surface area contributed by atoms with Crippen molar-refractivity contribution >= 4 is 23.2 Å². The maximum Gasteiger partial charge on any atom is 0.280 e. The molecule has 25 heavy (non-hydrogen) atoms. The molecule has 0 saturated heterocycles. The molecule has 0 radical (unpaired) electrons. The molecule has 3 aromatic rings. The van der Waals surface area contributed by atoms with Crippen LogP contribution < -0.4 is 10.2 Å². The van der Waals surface area contributed by atoms with Crippen LogP contribution in [0.15, 0.2) is 59.8 Å². The number of para-hydroxylation sites is 2. The van der Waals surface area contributed by atoms with Crippen LogP contribution >= 0.6 is 0 Å². The van der Waals surface area contributed by atoms with Gasteiger partial charge in [-0.25, -0.2) is 14.8 Å². The molecule has 0 aliphatic carbocycles. The molecule has 0 bridgehead atoms. The van der Waals surface area contributed by atoms with E-state index in [1.807, 2.05) is 24.3 Å². The molecule has 126 valence electrons. The Bertz CT molecular complexity index is 912. The van der Waals surface area contributed by atoms with Gasteiger partial charge in [-0.2, -0.15) is 5.10 Å². The van der Waals surface area contributed by atoms with Crippen molar-refractivity contribution in [1.29, 1.82) is 0 Å². The van der Waals surface area contributed by atoms with Crippen LogP contribution in [0.1, 0.15) is 12.6 Å². The summed E-state index contributed by atoms with van der Waals surface area (Å²) >= 11 is 0. The van der Waals surface area contributed by atoms with E-state index >= 15 is 0 Å². The van der Waals surface area contributed by atoms with Gasteiger partial charge in [-0.15, -0.1) is 0 Å². The first-order chi connectivity index (χ1) is 12.1. The van der Waals surface area contributed by atoms with E-state index in [1.54, 1.807) is 13.1 Å². The third kappa shape index (κ3) is 4.35. The fourth-order valence-electron chi connectivity index (χ4n) is 2.06. The van der Waals surface area contributed by atoms with Gasteiger partial charge in [0.05, 0.1) is 23.4 Å². The van der Waals surface area contributed by atoms with E-state index in [1.165, 1.54) is 30.5 Å². The number of nitrogens with one attached hydrogen (secondary N) is 1. The fraction of sp³-hybridized carbons (Fsp3) is 0.111. The van der Waals surface area contributed by atoms with Crippen LogP contribution in [0.3, 0.4) is 0 Å². The zero-order chi connectivity index (χ0) is 17.6. The van der Waals surface area contributed by atoms with Crippen LogP contribution in [0.4, 0.5) is 4.39 Å². The summed E-state index contributed by atoms with van der Waals surface area (Å²) in [4.78, 5) is 20.6. The Kier molecular flexibility index (Phi) is 4.94. The van der Waals surface area contributed by atoms with Crippen molar-refractivity contribution in [2.75, 3.05) is 0 Å². The van der Waals surface area contributed by atoms with Crippen LogP contribution in [0.25, 0.3) is 11.0 Å². The molecule has 6 nitrogen and oxygen atoms in total. The molecule has 0 unspecified atom stereocenters. The number of carbonyl (C=O) groups is 1. The van der Waals surface area contributed by atoms with Crippen molar-refractivity contribution in [1.82, 2.24) is 15.4 Å². The molecule has 7 heteroatoms. The Labute approximate surface area is 143 Å². The maximum absolute atomic E-state index is 12.8. The second-order valence-corrected chi connectivity index (χ2v) is 5.23. The summed E-state index contributed by atoms with van der Waals surface area (Å²) in [7, 11) is 0. The lowest BCUT2D eigenvalue weighted by molar-refractivity contribution is -0.127. The lowest BCUT2D eigenvalue weighted by Gasteiger charge is -2.12. The van der Waals surface area contributed by atoms with Crippen LogP contribution in [0, 0.1) is 5.82 Å². The van der Waals surface area contributed by atoms with Crippen molar-refractivity contribution in [2.24, 2.45) is 5.10 Å². The Balaban J connectivity index is 1.58. The van der Waals surface area contributed by atoms with E-state index in [9.17, 15) is 9.18 Å². The summed E-state index contributed by atoms with van der Waals surface area (Å²) in [6.07, 6.45) is 2.18. The van der Waals surface area contributed by atoms with Crippen LogP contribution in [-0.4, -0.2) is 28.2 Å². The maximum atomic E-state index is 12.8. The van der Waals surface area contributed by atoms with E-state index in [0.29, 0.717) is 11.4 Å². The monoisotopic (exact) mass is 338 g/mol. The third-order valence-electron chi connectivity index (χ3n) is 3.33. The van der Waals surface area contributed by atoms with Crippen molar-refractivity contribution in [2.45, 2.75) is 13.0 Å². The highest BCUT2D eigenvalue weighted by Crippen LogP contribution is 2.13. The first-order valence-corrected chi connectivity index (χ1v) is 7.59. The first-order valence-electron chi connectivity index (χ1n) is 7.59. The molecule has 1 aromatic heterocycles. The molecular weight excluding hydrogens is 323 g/mol. The van der Waals surface area contributed by atoms with Gasteiger partial charge in [0.2, 0.25) is 0 Å². The van der Waals surface area contributed by atoms with Crippen molar-refractivity contribution in [3.8, 4) is 5.75 Å². The number of hydrogen-bond donors (Lipinski definition) is 1. The second kappa shape index (κ2) is 7.48. The first kappa shape index (κ1) is 16.5. The average molecular weight is 338 g/mol. The Morgan fingerprint density at radius 3 is 2.68 bits per heavy atom. The third-order valence-corrected chi connectivity index (χ3v) is 3.33. The Morgan fingerprint density at radius 1 is 1.20 bits per heavy atom. The molecule has 3 rings (SSSR count). The van der Waals surface area contributed by atoms with Crippen molar-refractivity contribution in [3.05, 3.63) is 66.2 Å². The molecule has 1 amide bonds. The van der Waals surface area contributed by atoms with Gasteiger partial charge in [0.15, 0.2) is 6.10 Å². The number of carbonyl (C=O) groups excluding carboxylic acids is 1. The summed E-state index contributed by atoms with van der Waals surface area (Å²) in [5.41, 5.74) is 4.42. The number of aromatic nitrogens is 2. The number of halogens is 1. The summed E-state index contributed by atoms with van der Waals surface area (Å²) in [5.74, 6) is -0.409. The molecule has 0 fully saturated rings. The smallest absolute Gasteiger partial charge is 0.280 e. The van der Waals surface area contributed by atoms with Gasteiger partial charge in [-0.05, 0) is 43.3 Å². The molecular formula is C18H15FN4O2. The predicted octanol–water partition coefficient (Wildman–Crippen LogP) is 2.69. The molecule has 2 aromatic carbocycles. The summed E-state index contributed by atoms with van der Waals surface area (Å²) in [6.45, 7) is 1.57. The highest BCUT2D eigenvalue weighted by Gasteiger charge is 2.13. The van der Waals surface area contributed by atoms with Gasteiger partial charge in [0.25, 0.3) is 5.91 Å². The van der Waals surface area contributed by atoms with E-state index in [2.05, 4.69) is 20.5 Å². The van der Waals surface area contributed by atoms with Crippen molar-refractivity contribution in [3.63, 3.8) is 0 Å². The number of hydrogen-bond acceptors (Lipinski definition) is 5. The van der Waals surface area contributed by atoms with E-state index in [0.717, 1.165) is 11.0 Å². The standard InChI is InChI=1S/C18H15FN4O2/c1-12(25-15-8-6-13(19)7-9-15)18(24)23-21-11-14-10-20-16-4-2-3-5-17(16)22-14/h2-12H,1H3,(H,23,24)/b21-11-/t12-/m0/s1. The zero-order valence-electron chi connectivity index (χ0n) is 13.4. The topological polar surface area (TPSA) is 76.5 Å². The minimum absolute atomic E-state index is 0.370. The van der Waals surface area contributed by atoms with Gasteiger partial charge in [0.1, 0.15) is 17.3 Å². The number of benzene rings is 2. The highest BCUT2D eigenvalue weighted by atomic mass is 19.1. The van der Waals surface area contributed by atoms with E-state index in [-0.39, 0.29) is 5.82 Å². The van der Waals surface area contributed by atoms with E-state index < -0.39 is 12.0 Å². The van der Waals surface area contributed by atoms with Crippen LogP contribution in [0.5, 0.6) is 5.75 Å². The minimum Gasteiger partial charge on any atom is -0.481 e. The molecule has 1 atom stereocenters. The molecule has 0 saturated carbocycles. The normalized spacial score (nSPS) is 12.2. The Hall–Kier alpha value is -3.35. The van der Waals surface area contributed by atoms with Gasteiger partial charge < -0.3 is 4.74 Å². The Morgan fingerprint density at radius 2 is 1.92 bits per heavy atom. The summed E-state index contributed by atoms with van der Waals surface area (Å²) in [6, 6.07) is 12.9. The van der Waals surface area contributed by atoms with Crippen LogP contribution in [-0.2, 0) is 4.79 Å². The summed E-state index contributed by atoms with van der Waals surface area (Å²) in [5, 5.41) is 3.86. The van der Waals surface area contributed by atoms with Crippen LogP contribution in [0.2, 0.25) is 0 Å². The number of rotatable bonds is 5. The second-order valence-electron chi connectivity index (χ2n) is 5.23. The average Bonchev–Trinajstić information content (AvgIpc) is 2.63. The molecule has 1 N–H and O–H groups in total. The van der Waals surface area contributed by atoms with Gasteiger partial charge in [-0.3, -0.25) is 9.78 Å². The molecule has 0 aliphatic rings. The highest BCUT2D eigenvalue weighted by molar-refractivity contribution is 5.85. The fourth-order valence-corrected chi connectivity index (χ4v) is 2.06.